The number of unbranched alkanes of at least 4 members (excludes halogenated alkanes) is 1. The summed E-state index contributed by atoms with van der Waals surface area (Å²) in [6.45, 7) is 6.30. The van der Waals surface area contributed by atoms with E-state index in [1.54, 1.807) is 6.07 Å². The number of rotatable bonds is 7. The van der Waals surface area contributed by atoms with Gasteiger partial charge in [0, 0.05) is 19.1 Å². The van der Waals surface area contributed by atoms with E-state index in [2.05, 4.69) is 33.1 Å². The normalized spacial score (nSPS) is 18.9. The maximum atomic E-state index is 13.6. The monoisotopic (exact) mass is 342 g/mol. The van der Waals surface area contributed by atoms with Gasteiger partial charge in [0.25, 0.3) is 0 Å². The predicted molar refractivity (Wildman–Crippen MR) is 85.3 cm³/mol. The number of hydrogen-bond acceptors (Lipinski definition) is 2. The molecule has 1 aromatic carbocycles. The van der Waals surface area contributed by atoms with Gasteiger partial charge in [0.15, 0.2) is 0 Å². The largest absolute Gasteiger partial charge is 0.313 e. The molecule has 1 N–H and O–H groups in total. The first-order valence-electron chi connectivity index (χ1n) is 7.59. The van der Waals surface area contributed by atoms with E-state index in [1.165, 1.54) is 31.7 Å². The fraction of sp³-hybridized carbons (Fsp3) is 0.625. The SMILES string of the molecule is CCCCN(Cc1cccc(F)c1Br)CC1CCCN1. The van der Waals surface area contributed by atoms with Gasteiger partial charge in [0.05, 0.1) is 4.47 Å². The minimum atomic E-state index is -0.170. The summed E-state index contributed by atoms with van der Waals surface area (Å²) in [5.74, 6) is -0.170. The Morgan fingerprint density at radius 3 is 3.00 bits per heavy atom. The van der Waals surface area contributed by atoms with Crippen LogP contribution in [0.25, 0.3) is 0 Å². The fourth-order valence-electron chi connectivity index (χ4n) is 2.75. The first kappa shape index (κ1) is 15.9. The van der Waals surface area contributed by atoms with Crippen LogP contribution in [-0.2, 0) is 6.54 Å². The molecule has 4 heteroatoms. The molecule has 1 aromatic rings. The van der Waals surface area contributed by atoms with Gasteiger partial charge in [-0.25, -0.2) is 4.39 Å². The maximum Gasteiger partial charge on any atom is 0.137 e. The van der Waals surface area contributed by atoms with Crippen LogP contribution in [0.5, 0.6) is 0 Å². The molecule has 1 aliphatic heterocycles. The summed E-state index contributed by atoms with van der Waals surface area (Å²) in [7, 11) is 0. The van der Waals surface area contributed by atoms with E-state index in [9.17, 15) is 4.39 Å². The third-order valence-corrected chi connectivity index (χ3v) is 4.78. The lowest BCUT2D eigenvalue weighted by Gasteiger charge is -2.26. The Morgan fingerprint density at radius 1 is 1.45 bits per heavy atom. The van der Waals surface area contributed by atoms with Crippen LogP contribution in [0, 0.1) is 5.82 Å². The molecule has 1 atom stereocenters. The summed E-state index contributed by atoms with van der Waals surface area (Å²) < 4.78 is 14.2. The van der Waals surface area contributed by atoms with E-state index >= 15 is 0 Å². The second kappa shape index (κ2) is 8.11. The summed E-state index contributed by atoms with van der Waals surface area (Å²) in [5, 5.41) is 3.55. The van der Waals surface area contributed by atoms with E-state index in [4.69, 9.17) is 0 Å². The third kappa shape index (κ3) is 4.54. The summed E-state index contributed by atoms with van der Waals surface area (Å²) in [6.07, 6.45) is 4.92. The molecule has 0 saturated carbocycles. The van der Waals surface area contributed by atoms with Gasteiger partial charge in [-0.05, 0) is 59.9 Å². The lowest BCUT2D eigenvalue weighted by molar-refractivity contribution is 0.237. The lowest BCUT2D eigenvalue weighted by atomic mass is 10.1. The van der Waals surface area contributed by atoms with Crippen molar-refractivity contribution < 1.29 is 4.39 Å². The molecule has 112 valence electrons. The van der Waals surface area contributed by atoms with Gasteiger partial charge in [-0.15, -0.1) is 0 Å². The average molecular weight is 343 g/mol. The highest BCUT2D eigenvalue weighted by Gasteiger charge is 2.18. The Kier molecular flexibility index (Phi) is 6.46. The minimum absolute atomic E-state index is 0.170. The highest BCUT2D eigenvalue weighted by atomic mass is 79.9. The van der Waals surface area contributed by atoms with Crippen LogP contribution in [-0.4, -0.2) is 30.6 Å². The molecule has 0 aliphatic carbocycles. The molecular formula is C16H24BrFN2. The molecule has 2 rings (SSSR count). The van der Waals surface area contributed by atoms with Gasteiger partial charge in [0.2, 0.25) is 0 Å². The van der Waals surface area contributed by atoms with Crippen molar-refractivity contribution in [1.82, 2.24) is 10.2 Å². The molecule has 1 aliphatic rings. The van der Waals surface area contributed by atoms with E-state index in [-0.39, 0.29) is 5.82 Å². The van der Waals surface area contributed by atoms with Crippen LogP contribution >= 0.6 is 15.9 Å². The van der Waals surface area contributed by atoms with Crippen molar-refractivity contribution in [3.8, 4) is 0 Å². The van der Waals surface area contributed by atoms with Gasteiger partial charge in [-0.1, -0.05) is 25.5 Å². The highest BCUT2D eigenvalue weighted by Crippen LogP contribution is 2.22. The Balaban J connectivity index is 1.99. The van der Waals surface area contributed by atoms with Crippen LogP contribution in [0.3, 0.4) is 0 Å². The Bertz CT molecular complexity index is 419. The van der Waals surface area contributed by atoms with Crippen LogP contribution in [0.4, 0.5) is 4.39 Å². The zero-order valence-corrected chi connectivity index (χ0v) is 13.8. The smallest absolute Gasteiger partial charge is 0.137 e. The molecule has 20 heavy (non-hydrogen) atoms. The maximum absolute atomic E-state index is 13.6. The number of nitrogens with one attached hydrogen (secondary N) is 1. The molecule has 0 spiro atoms. The molecule has 0 aromatic heterocycles. The van der Waals surface area contributed by atoms with Gasteiger partial charge in [-0.3, -0.25) is 4.90 Å². The Hall–Kier alpha value is -0.450. The van der Waals surface area contributed by atoms with Crippen molar-refractivity contribution in [1.29, 1.82) is 0 Å². The van der Waals surface area contributed by atoms with Gasteiger partial charge >= 0.3 is 0 Å². The molecule has 2 nitrogen and oxygen atoms in total. The topological polar surface area (TPSA) is 15.3 Å². The standard InChI is InChI=1S/C16H24BrFN2/c1-2-3-10-20(12-14-7-5-9-19-14)11-13-6-4-8-15(18)16(13)17/h4,6,8,14,19H,2-3,5,7,9-12H2,1H3. The van der Waals surface area contributed by atoms with E-state index in [1.807, 2.05) is 6.07 Å². The Morgan fingerprint density at radius 2 is 2.30 bits per heavy atom. The summed E-state index contributed by atoms with van der Waals surface area (Å²) in [5.41, 5.74) is 1.04. The highest BCUT2D eigenvalue weighted by molar-refractivity contribution is 9.10. The van der Waals surface area contributed by atoms with E-state index < -0.39 is 0 Å². The zero-order chi connectivity index (χ0) is 14.4. The molecular weight excluding hydrogens is 319 g/mol. The molecule has 0 radical (unpaired) electrons. The number of nitrogens with zero attached hydrogens (tertiary/aromatic N) is 1. The number of hydrogen-bond donors (Lipinski definition) is 1. The van der Waals surface area contributed by atoms with Crippen molar-refractivity contribution in [3.05, 3.63) is 34.1 Å². The molecule has 0 amide bonds. The summed E-state index contributed by atoms with van der Waals surface area (Å²) in [6, 6.07) is 5.90. The number of benzene rings is 1. The van der Waals surface area contributed by atoms with Crippen LogP contribution in [0.1, 0.15) is 38.2 Å². The van der Waals surface area contributed by atoms with E-state index in [0.717, 1.165) is 31.7 Å². The van der Waals surface area contributed by atoms with Gasteiger partial charge < -0.3 is 5.32 Å². The summed E-state index contributed by atoms with van der Waals surface area (Å²) in [4.78, 5) is 2.45. The summed E-state index contributed by atoms with van der Waals surface area (Å²) >= 11 is 3.37. The average Bonchev–Trinajstić information content (AvgIpc) is 2.94. The third-order valence-electron chi connectivity index (χ3n) is 3.89. The van der Waals surface area contributed by atoms with E-state index in [0.29, 0.717) is 10.5 Å². The second-order valence-corrected chi connectivity index (χ2v) is 6.39. The van der Waals surface area contributed by atoms with Crippen molar-refractivity contribution in [2.45, 2.75) is 45.2 Å². The first-order valence-corrected chi connectivity index (χ1v) is 8.38. The van der Waals surface area contributed by atoms with Crippen molar-refractivity contribution in [3.63, 3.8) is 0 Å². The molecule has 1 fully saturated rings. The molecule has 0 bridgehead atoms. The quantitative estimate of drug-likeness (QED) is 0.807. The van der Waals surface area contributed by atoms with Crippen LogP contribution < -0.4 is 5.32 Å². The minimum Gasteiger partial charge on any atom is -0.313 e. The lowest BCUT2D eigenvalue weighted by Crippen LogP contribution is -2.37. The predicted octanol–water partition coefficient (Wildman–Crippen LogP) is 3.94. The van der Waals surface area contributed by atoms with Crippen molar-refractivity contribution in [2.24, 2.45) is 0 Å². The van der Waals surface area contributed by atoms with Crippen molar-refractivity contribution >= 4 is 15.9 Å². The molecule has 1 saturated heterocycles. The van der Waals surface area contributed by atoms with Gasteiger partial charge in [-0.2, -0.15) is 0 Å². The zero-order valence-electron chi connectivity index (χ0n) is 12.2. The second-order valence-electron chi connectivity index (χ2n) is 5.59. The fourth-order valence-corrected chi connectivity index (χ4v) is 3.14. The first-order chi connectivity index (χ1) is 9.70. The Labute approximate surface area is 129 Å². The van der Waals surface area contributed by atoms with Crippen LogP contribution in [0.2, 0.25) is 0 Å². The van der Waals surface area contributed by atoms with Gasteiger partial charge in [0.1, 0.15) is 5.82 Å². The van der Waals surface area contributed by atoms with Crippen molar-refractivity contribution in [2.75, 3.05) is 19.6 Å². The van der Waals surface area contributed by atoms with Crippen LogP contribution in [0.15, 0.2) is 22.7 Å². The molecule has 1 unspecified atom stereocenters. The number of halogens is 2. The molecule has 1 heterocycles.